The highest BCUT2D eigenvalue weighted by Crippen LogP contribution is 2.36. The third-order valence-corrected chi connectivity index (χ3v) is 7.25. The zero-order valence-corrected chi connectivity index (χ0v) is 18.1. The van der Waals surface area contributed by atoms with Gasteiger partial charge in [-0.2, -0.15) is 4.31 Å². The van der Waals surface area contributed by atoms with Crippen LogP contribution >= 0.6 is 0 Å². The second-order valence-corrected chi connectivity index (χ2v) is 9.76. The lowest BCUT2D eigenvalue weighted by molar-refractivity contribution is 0.0813. The fourth-order valence-electron chi connectivity index (χ4n) is 3.53. The molecule has 3 rings (SSSR count). The van der Waals surface area contributed by atoms with Gasteiger partial charge in [0, 0.05) is 37.4 Å². The van der Waals surface area contributed by atoms with E-state index in [2.05, 4.69) is 4.98 Å². The number of pyridine rings is 1. The normalized spacial score (nSPS) is 23.0. The molecule has 0 saturated heterocycles. The smallest absolute Gasteiger partial charge is 0.247 e. The molecule has 0 saturated carbocycles. The standard InChI is InChI=1S/C21H29N3O4S/c1-15-12-24(16(2)14-25)29(26,27)21-6-5-18(17-7-9-22-10-8-17)11-19(21)28-20(15)13-23(3)4/h5-11,15-16,20,25H,12-14H2,1-4H3/t15-,16+,20-/m1/s1. The number of benzene rings is 1. The monoisotopic (exact) mass is 419 g/mol. The number of hydrogen-bond donors (Lipinski definition) is 1. The van der Waals surface area contributed by atoms with Crippen molar-refractivity contribution in [2.75, 3.05) is 33.8 Å². The first-order valence-electron chi connectivity index (χ1n) is 9.72. The summed E-state index contributed by atoms with van der Waals surface area (Å²) in [5.74, 6) is 0.284. The summed E-state index contributed by atoms with van der Waals surface area (Å²) in [5, 5.41) is 9.67. The Balaban J connectivity index is 2.14. The average Bonchev–Trinajstić information content (AvgIpc) is 2.70. The molecule has 0 bridgehead atoms. The molecule has 1 N–H and O–H groups in total. The maximum atomic E-state index is 13.4. The first-order chi connectivity index (χ1) is 13.7. The summed E-state index contributed by atoms with van der Waals surface area (Å²) < 4.78 is 34.5. The van der Waals surface area contributed by atoms with Crippen LogP contribution in [0.4, 0.5) is 0 Å². The van der Waals surface area contributed by atoms with Crippen LogP contribution in [0, 0.1) is 5.92 Å². The van der Waals surface area contributed by atoms with Gasteiger partial charge in [-0.25, -0.2) is 8.42 Å². The van der Waals surface area contributed by atoms with Gasteiger partial charge in [-0.3, -0.25) is 4.98 Å². The molecular weight excluding hydrogens is 390 g/mol. The molecule has 0 radical (unpaired) electrons. The van der Waals surface area contributed by atoms with Gasteiger partial charge in [-0.15, -0.1) is 0 Å². The van der Waals surface area contributed by atoms with Crippen molar-refractivity contribution in [1.29, 1.82) is 0 Å². The number of likely N-dealkylation sites (N-methyl/N-ethyl adjacent to an activating group) is 1. The largest absolute Gasteiger partial charge is 0.487 e. The lowest BCUT2D eigenvalue weighted by Crippen LogP contribution is -2.49. The Morgan fingerprint density at radius 2 is 1.93 bits per heavy atom. The van der Waals surface area contributed by atoms with Crippen LogP contribution in [0.2, 0.25) is 0 Å². The minimum Gasteiger partial charge on any atom is -0.487 e. The van der Waals surface area contributed by atoms with E-state index in [-0.39, 0.29) is 30.1 Å². The number of aliphatic hydroxyl groups excluding tert-OH is 1. The molecule has 0 spiro atoms. The van der Waals surface area contributed by atoms with Gasteiger partial charge in [-0.1, -0.05) is 13.0 Å². The van der Waals surface area contributed by atoms with Gasteiger partial charge in [0.15, 0.2) is 0 Å². The van der Waals surface area contributed by atoms with Crippen LogP contribution in [-0.2, 0) is 10.0 Å². The van der Waals surface area contributed by atoms with Crippen LogP contribution in [-0.4, -0.2) is 73.7 Å². The highest BCUT2D eigenvalue weighted by molar-refractivity contribution is 7.89. The molecule has 0 aliphatic carbocycles. The summed E-state index contributed by atoms with van der Waals surface area (Å²) in [7, 11) is 0.117. The van der Waals surface area contributed by atoms with Crippen LogP contribution < -0.4 is 4.74 Å². The summed E-state index contributed by atoms with van der Waals surface area (Å²) in [5.41, 5.74) is 1.79. The minimum absolute atomic E-state index is 0.0566. The van der Waals surface area contributed by atoms with Crippen LogP contribution in [0.5, 0.6) is 5.75 Å². The van der Waals surface area contributed by atoms with Gasteiger partial charge in [0.2, 0.25) is 10.0 Å². The summed E-state index contributed by atoms with van der Waals surface area (Å²) >= 11 is 0. The van der Waals surface area contributed by atoms with Crippen molar-refractivity contribution in [3.05, 3.63) is 42.7 Å². The number of sulfonamides is 1. The van der Waals surface area contributed by atoms with E-state index in [1.165, 1.54) is 4.31 Å². The van der Waals surface area contributed by atoms with Crippen LogP contribution in [0.1, 0.15) is 13.8 Å². The van der Waals surface area contributed by atoms with Crippen LogP contribution in [0.25, 0.3) is 11.1 Å². The molecule has 2 aromatic rings. The van der Waals surface area contributed by atoms with E-state index >= 15 is 0 Å². The molecule has 7 nitrogen and oxygen atoms in total. The number of aromatic nitrogens is 1. The Morgan fingerprint density at radius 3 is 2.55 bits per heavy atom. The number of nitrogens with zero attached hydrogens (tertiary/aromatic N) is 3. The van der Waals surface area contributed by atoms with Gasteiger partial charge in [0.05, 0.1) is 6.61 Å². The molecule has 29 heavy (non-hydrogen) atoms. The molecule has 158 valence electrons. The third-order valence-electron chi connectivity index (χ3n) is 5.23. The molecule has 1 aliphatic heterocycles. The second-order valence-electron chi connectivity index (χ2n) is 7.90. The fourth-order valence-corrected chi connectivity index (χ4v) is 5.35. The maximum absolute atomic E-state index is 13.4. The van der Waals surface area contributed by atoms with Gasteiger partial charge in [0.25, 0.3) is 0 Å². The quantitative estimate of drug-likeness (QED) is 0.799. The van der Waals surface area contributed by atoms with E-state index in [1.807, 2.05) is 38.1 Å². The average molecular weight is 420 g/mol. The lowest BCUT2D eigenvalue weighted by atomic mass is 10.0. The van der Waals surface area contributed by atoms with E-state index in [0.29, 0.717) is 12.3 Å². The zero-order valence-electron chi connectivity index (χ0n) is 17.3. The zero-order chi connectivity index (χ0) is 21.2. The Hall–Kier alpha value is -2.00. The molecule has 8 heteroatoms. The van der Waals surface area contributed by atoms with Gasteiger partial charge in [-0.05, 0) is 56.4 Å². The predicted octanol–water partition coefficient (Wildman–Crippen LogP) is 2.08. The molecule has 1 aromatic carbocycles. The predicted molar refractivity (Wildman–Crippen MR) is 112 cm³/mol. The van der Waals surface area contributed by atoms with E-state index in [4.69, 9.17) is 4.74 Å². The summed E-state index contributed by atoms with van der Waals surface area (Å²) in [4.78, 5) is 6.20. The number of ether oxygens (including phenoxy) is 1. The minimum atomic E-state index is -3.82. The maximum Gasteiger partial charge on any atom is 0.247 e. The van der Waals surface area contributed by atoms with Gasteiger partial charge in [0.1, 0.15) is 16.7 Å². The molecule has 2 heterocycles. The first-order valence-corrected chi connectivity index (χ1v) is 11.2. The number of hydrogen-bond acceptors (Lipinski definition) is 6. The first kappa shape index (κ1) is 21.7. The molecule has 1 aromatic heterocycles. The van der Waals surface area contributed by atoms with Gasteiger partial charge >= 0.3 is 0 Å². The van der Waals surface area contributed by atoms with Crippen molar-refractivity contribution in [3.8, 4) is 16.9 Å². The highest BCUT2D eigenvalue weighted by Gasteiger charge is 2.37. The molecular formula is C21H29N3O4S. The third kappa shape index (κ3) is 4.61. The van der Waals surface area contributed by atoms with Crippen molar-refractivity contribution in [3.63, 3.8) is 0 Å². The number of rotatable bonds is 5. The molecule has 0 unspecified atom stereocenters. The van der Waals surface area contributed by atoms with Crippen molar-refractivity contribution < 1.29 is 18.3 Å². The number of fused-ring (bicyclic) bond motifs is 1. The van der Waals surface area contributed by atoms with E-state index < -0.39 is 16.1 Å². The summed E-state index contributed by atoms with van der Waals surface area (Å²) in [6, 6.07) is 8.39. The SMILES string of the molecule is C[C@@H]1CN([C@@H](C)CO)S(=O)(=O)c2ccc(-c3ccncc3)cc2O[C@@H]1CN(C)C. The van der Waals surface area contributed by atoms with Crippen molar-refractivity contribution in [1.82, 2.24) is 14.2 Å². The van der Waals surface area contributed by atoms with Gasteiger partial charge < -0.3 is 14.7 Å². The summed E-state index contributed by atoms with van der Waals surface area (Å²) in [6.07, 6.45) is 3.21. The van der Waals surface area contributed by atoms with E-state index in [0.717, 1.165) is 11.1 Å². The second kappa shape index (κ2) is 8.79. The fraction of sp³-hybridized carbons (Fsp3) is 0.476. The Bertz CT molecular complexity index is 934. The Kier molecular flexibility index (Phi) is 6.58. The van der Waals surface area contributed by atoms with E-state index in [9.17, 15) is 13.5 Å². The highest BCUT2D eigenvalue weighted by atomic mass is 32.2. The number of aliphatic hydroxyl groups is 1. The molecule has 1 aliphatic rings. The van der Waals surface area contributed by atoms with Crippen LogP contribution in [0.15, 0.2) is 47.6 Å². The van der Waals surface area contributed by atoms with Crippen molar-refractivity contribution in [2.45, 2.75) is 30.9 Å². The molecule has 0 amide bonds. The van der Waals surface area contributed by atoms with Crippen molar-refractivity contribution in [2.24, 2.45) is 5.92 Å². The van der Waals surface area contributed by atoms with Crippen LogP contribution in [0.3, 0.4) is 0 Å². The summed E-state index contributed by atoms with van der Waals surface area (Å²) in [6.45, 7) is 4.41. The molecule has 3 atom stereocenters. The van der Waals surface area contributed by atoms with Crippen molar-refractivity contribution >= 4 is 10.0 Å². The molecule has 0 fully saturated rings. The Morgan fingerprint density at radius 1 is 1.24 bits per heavy atom. The topological polar surface area (TPSA) is 83.0 Å². The Labute approximate surface area is 173 Å². The lowest BCUT2D eigenvalue weighted by Gasteiger charge is -2.37. The van der Waals surface area contributed by atoms with E-state index in [1.54, 1.807) is 37.5 Å².